The molecule has 1 saturated heterocycles. The molecule has 1 aromatic carbocycles. The van der Waals surface area contributed by atoms with E-state index in [1.807, 2.05) is 14.0 Å². The van der Waals surface area contributed by atoms with Crippen molar-refractivity contribution in [3.05, 3.63) is 53.8 Å². The molecular formula is C21H24FN5O3S2. The Morgan fingerprint density at radius 2 is 1.91 bits per heavy atom. The predicted octanol–water partition coefficient (Wildman–Crippen LogP) is 3.37. The molecule has 1 aliphatic rings. The van der Waals surface area contributed by atoms with Crippen LogP contribution in [-0.4, -0.2) is 66.0 Å². The van der Waals surface area contributed by atoms with Crippen LogP contribution in [-0.2, 0) is 10.0 Å². The van der Waals surface area contributed by atoms with E-state index in [1.54, 1.807) is 31.2 Å². The van der Waals surface area contributed by atoms with Crippen LogP contribution in [0.5, 0.6) is 0 Å². The summed E-state index contributed by atoms with van der Waals surface area (Å²) in [6, 6.07) is 8.04. The number of piperazine rings is 1. The van der Waals surface area contributed by atoms with Crippen LogP contribution in [0.4, 0.5) is 4.39 Å². The molecule has 4 rings (SSSR count). The Kier molecular flexibility index (Phi) is 6.61. The minimum Gasteiger partial charge on any atom is -0.338 e. The molecule has 0 aliphatic carbocycles. The van der Waals surface area contributed by atoms with Crippen LogP contribution in [0.15, 0.2) is 51.0 Å². The average molecular weight is 478 g/mol. The number of aryl methyl sites for hydroxylation is 1. The lowest BCUT2D eigenvalue weighted by atomic mass is 10.1. The van der Waals surface area contributed by atoms with Gasteiger partial charge < -0.3 is 9.42 Å². The molecule has 1 aliphatic heterocycles. The highest BCUT2D eigenvalue weighted by Crippen LogP contribution is 2.34. The van der Waals surface area contributed by atoms with Crippen LogP contribution < -0.4 is 0 Å². The number of thioether (sulfide) groups is 1. The average Bonchev–Trinajstić information content (AvgIpc) is 3.27. The molecule has 32 heavy (non-hydrogen) atoms. The monoisotopic (exact) mass is 477 g/mol. The lowest BCUT2D eigenvalue weighted by Gasteiger charge is -2.31. The second-order valence-corrected chi connectivity index (χ2v) is 11.0. The van der Waals surface area contributed by atoms with E-state index in [-0.39, 0.29) is 16.0 Å². The van der Waals surface area contributed by atoms with Crippen molar-refractivity contribution in [1.82, 2.24) is 24.3 Å². The summed E-state index contributed by atoms with van der Waals surface area (Å²) in [5, 5.41) is 4.36. The molecule has 0 saturated carbocycles. The van der Waals surface area contributed by atoms with Crippen molar-refractivity contribution in [2.45, 2.75) is 29.0 Å². The Bertz CT molecular complexity index is 1190. The fourth-order valence-electron chi connectivity index (χ4n) is 3.25. The zero-order valence-corrected chi connectivity index (χ0v) is 19.7. The van der Waals surface area contributed by atoms with Crippen LogP contribution in [0.2, 0.25) is 0 Å². The van der Waals surface area contributed by atoms with Gasteiger partial charge in [-0.15, -0.1) is 0 Å². The van der Waals surface area contributed by atoms with Crippen molar-refractivity contribution in [2.24, 2.45) is 0 Å². The van der Waals surface area contributed by atoms with Crippen molar-refractivity contribution in [3.63, 3.8) is 0 Å². The number of likely N-dealkylation sites (N-methyl/N-ethyl adjacent to an activating group) is 1. The minimum atomic E-state index is -3.55. The van der Waals surface area contributed by atoms with Crippen molar-refractivity contribution < 1.29 is 17.3 Å². The zero-order chi connectivity index (χ0) is 22.9. The standard InChI is InChI=1S/C21H24FN5O3S2/c1-14-4-5-16(12-18(14)22)20-24-21(30-25-20)15(2)31-19-7-6-17(13-23-19)32(28,29)27-10-8-26(3)9-11-27/h4-7,12-13,15H,8-11H2,1-3H3. The van der Waals surface area contributed by atoms with Gasteiger partial charge in [-0.1, -0.05) is 29.1 Å². The Hall–Kier alpha value is -2.34. The molecule has 1 unspecified atom stereocenters. The van der Waals surface area contributed by atoms with E-state index < -0.39 is 10.0 Å². The molecule has 0 radical (unpaired) electrons. The third-order valence-corrected chi connectivity index (χ3v) is 8.25. The summed E-state index contributed by atoms with van der Waals surface area (Å²) < 4.78 is 46.3. The van der Waals surface area contributed by atoms with E-state index in [4.69, 9.17) is 4.52 Å². The van der Waals surface area contributed by atoms with Gasteiger partial charge in [0.2, 0.25) is 21.7 Å². The lowest BCUT2D eigenvalue weighted by Crippen LogP contribution is -2.47. The SMILES string of the molecule is Cc1ccc(-c2noc(C(C)Sc3ccc(S(=O)(=O)N4CCN(C)CC4)cn3)n2)cc1F. The van der Waals surface area contributed by atoms with Crippen molar-refractivity contribution in [3.8, 4) is 11.4 Å². The molecular weight excluding hydrogens is 453 g/mol. The first kappa shape index (κ1) is 22.8. The smallest absolute Gasteiger partial charge is 0.244 e. The summed E-state index contributed by atoms with van der Waals surface area (Å²) in [5.74, 6) is 0.363. The van der Waals surface area contributed by atoms with Crippen LogP contribution in [0.3, 0.4) is 0 Å². The number of nitrogens with zero attached hydrogens (tertiary/aromatic N) is 5. The number of benzene rings is 1. The molecule has 3 heterocycles. The predicted molar refractivity (Wildman–Crippen MR) is 119 cm³/mol. The molecule has 170 valence electrons. The van der Waals surface area contributed by atoms with Gasteiger partial charge in [0, 0.05) is 37.9 Å². The van der Waals surface area contributed by atoms with Crippen LogP contribution >= 0.6 is 11.8 Å². The molecule has 1 fully saturated rings. The fourth-order valence-corrected chi connectivity index (χ4v) is 5.43. The van der Waals surface area contributed by atoms with Crippen LogP contribution in [0.1, 0.15) is 23.6 Å². The maximum absolute atomic E-state index is 13.8. The zero-order valence-electron chi connectivity index (χ0n) is 18.0. The second kappa shape index (κ2) is 9.26. The van der Waals surface area contributed by atoms with E-state index in [0.717, 1.165) is 0 Å². The van der Waals surface area contributed by atoms with Gasteiger partial charge in [-0.25, -0.2) is 17.8 Å². The summed E-state index contributed by atoms with van der Waals surface area (Å²) >= 11 is 1.37. The quantitative estimate of drug-likeness (QED) is 0.499. The summed E-state index contributed by atoms with van der Waals surface area (Å²) in [6.45, 7) is 5.93. The third-order valence-electron chi connectivity index (χ3n) is 5.33. The first-order chi connectivity index (χ1) is 15.2. The maximum Gasteiger partial charge on any atom is 0.244 e. The number of pyridine rings is 1. The topological polar surface area (TPSA) is 92.4 Å². The van der Waals surface area contributed by atoms with E-state index >= 15 is 0 Å². The third kappa shape index (κ3) is 4.85. The summed E-state index contributed by atoms with van der Waals surface area (Å²) in [5.41, 5.74) is 1.09. The first-order valence-corrected chi connectivity index (χ1v) is 12.5. The number of aromatic nitrogens is 3. The van der Waals surface area contributed by atoms with E-state index in [0.29, 0.717) is 54.0 Å². The Morgan fingerprint density at radius 3 is 2.56 bits per heavy atom. The van der Waals surface area contributed by atoms with E-state index in [9.17, 15) is 12.8 Å². The maximum atomic E-state index is 13.8. The molecule has 11 heteroatoms. The number of sulfonamides is 1. The van der Waals surface area contributed by atoms with Gasteiger partial charge in [0.15, 0.2) is 0 Å². The molecule has 0 N–H and O–H groups in total. The van der Waals surface area contributed by atoms with E-state index in [1.165, 1.54) is 28.3 Å². The van der Waals surface area contributed by atoms with Gasteiger partial charge in [0.1, 0.15) is 10.7 Å². The molecule has 3 aromatic rings. The fraction of sp³-hybridized carbons (Fsp3) is 0.381. The van der Waals surface area contributed by atoms with Crippen LogP contribution in [0.25, 0.3) is 11.4 Å². The minimum absolute atomic E-state index is 0.181. The summed E-state index contributed by atoms with van der Waals surface area (Å²) in [6.07, 6.45) is 1.39. The number of rotatable bonds is 6. The summed E-state index contributed by atoms with van der Waals surface area (Å²) in [4.78, 5) is 11.0. The molecule has 8 nitrogen and oxygen atoms in total. The summed E-state index contributed by atoms with van der Waals surface area (Å²) in [7, 11) is -1.58. The molecule has 2 aromatic heterocycles. The normalized spacial score (nSPS) is 16.9. The van der Waals surface area contributed by atoms with Crippen LogP contribution in [0, 0.1) is 12.7 Å². The largest absolute Gasteiger partial charge is 0.338 e. The number of hydrogen-bond donors (Lipinski definition) is 0. The molecule has 1 atom stereocenters. The van der Waals surface area contributed by atoms with Gasteiger partial charge in [0.25, 0.3) is 0 Å². The van der Waals surface area contributed by atoms with Crippen molar-refractivity contribution in [2.75, 3.05) is 33.2 Å². The van der Waals surface area contributed by atoms with Gasteiger partial charge in [-0.05, 0) is 44.7 Å². The number of halogens is 1. The highest BCUT2D eigenvalue weighted by molar-refractivity contribution is 7.99. The lowest BCUT2D eigenvalue weighted by molar-refractivity contribution is 0.222. The van der Waals surface area contributed by atoms with Crippen molar-refractivity contribution in [1.29, 1.82) is 0 Å². The molecule has 0 spiro atoms. The second-order valence-electron chi connectivity index (χ2n) is 7.72. The van der Waals surface area contributed by atoms with Gasteiger partial charge in [-0.3, -0.25) is 0 Å². The van der Waals surface area contributed by atoms with Gasteiger partial charge in [0.05, 0.1) is 10.3 Å². The molecule has 0 amide bonds. The highest BCUT2D eigenvalue weighted by Gasteiger charge is 2.28. The van der Waals surface area contributed by atoms with Gasteiger partial charge >= 0.3 is 0 Å². The number of hydrogen-bond acceptors (Lipinski definition) is 8. The Labute approximate surface area is 190 Å². The molecule has 0 bridgehead atoms. The highest BCUT2D eigenvalue weighted by atomic mass is 32.2. The van der Waals surface area contributed by atoms with Crippen molar-refractivity contribution >= 4 is 21.8 Å². The first-order valence-electron chi connectivity index (χ1n) is 10.2. The van der Waals surface area contributed by atoms with Gasteiger partial charge in [-0.2, -0.15) is 9.29 Å². The Morgan fingerprint density at radius 1 is 1.16 bits per heavy atom. The Balaban J connectivity index is 1.43. The van der Waals surface area contributed by atoms with E-state index in [2.05, 4.69) is 20.0 Å².